The third-order valence-electron chi connectivity index (χ3n) is 4.31. The molecule has 25 heavy (non-hydrogen) atoms. The smallest absolute Gasteiger partial charge is 0.257 e. The van der Waals surface area contributed by atoms with Gasteiger partial charge in [-0.25, -0.2) is 9.67 Å². The van der Waals surface area contributed by atoms with E-state index in [1.165, 1.54) is 0 Å². The van der Waals surface area contributed by atoms with E-state index in [-0.39, 0.29) is 23.5 Å². The first-order valence-electron chi connectivity index (χ1n) is 8.75. The Labute approximate surface area is 148 Å². The van der Waals surface area contributed by atoms with E-state index in [4.69, 9.17) is 4.74 Å². The molecule has 134 valence electrons. The van der Waals surface area contributed by atoms with Crippen molar-refractivity contribution in [3.63, 3.8) is 0 Å². The molecule has 1 aliphatic rings. The van der Waals surface area contributed by atoms with Gasteiger partial charge in [-0.2, -0.15) is 5.10 Å². The van der Waals surface area contributed by atoms with Crippen LogP contribution in [-0.2, 0) is 4.74 Å². The number of morpholine rings is 1. The predicted octanol–water partition coefficient (Wildman–Crippen LogP) is 3.03. The van der Waals surface area contributed by atoms with Crippen LogP contribution in [0.5, 0.6) is 0 Å². The van der Waals surface area contributed by atoms with Crippen LogP contribution in [0.1, 0.15) is 56.6 Å². The molecular formula is C19H26N4O2. The molecule has 6 heteroatoms. The summed E-state index contributed by atoms with van der Waals surface area (Å²) in [6.07, 6.45) is 3.41. The van der Waals surface area contributed by atoms with E-state index in [1.807, 2.05) is 43.9 Å². The predicted molar refractivity (Wildman–Crippen MR) is 96.0 cm³/mol. The van der Waals surface area contributed by atoms with E-state index in [1.54, 1.807) is 17.1 Å². The van der Waals surface area contributed by atoms with E-state index >= 15 is 0 Å². The number of nitrogens with zero attached hydrogens (tertiary/aromatic N) is 4. The van der Waals surface area contributed by atoms with Gasteiger partial charge in [0.15, 0.2) is 5.82 Å². The van der Waals surface area contributed by atoms with Crippen molar-refractivity contribution in [1.82, 2.24) is 19.7 Å². The fourth-order valence-electron chi connectivity index (χ4n) is 3.52. The molecule has 1 saturated heterocycles. The van der Waals surface area contributed by atoms with Gasteiger partial charge < -0.3 is 9.64 Å². The molecule has 3 rings (SSSR count). The normalized spacial score (nSPS) is 20.1. The number of amides is 1. The Kier molecular flexibility index (Phi) is 4.64. The number of carbonyl (C=O) groups excluding carboxylic acids is 1. The summed E-state index contributed by atoms with van der Waals surface area (Å²) in [5.74, 6) is 0.880. The number of rotatable bonds is 3. The molecule has 0 radical (unpaired) electrons. The summed E-state index contributed by atoms with van der Waals surface area (Å²) in [7, 11) is 0. The Morgan fingerprint density at radius 2 is 2.12 bits per heavy atom. The highest BCUT2D eigenvalue weighted by Gasteiger charge is 2.35. The van der Waals surface area contributed by atoms with Gasteiger partial charge in [-0.3, -0.25) is 4.79 Å². The van der Waals surface area contributed by atoms with Crippen LogP contribution in [0, 0.1) is 0 Å². The lowest BCUT2D eigenvalue weighted by atomic mass is 10.0. The standard InChI is InChI=1S/C19H26N4O2/c1-13(2)17-15(10-21-23(17)16-8-6-7-9-20-16)18(24)22-11-14(3)25-19(4,5)12-22/h6-10,13-14H,11-12H2,1-5H3/t14-/m1/s1. The van der Waals surface area contributed by atoms with Crippen LogP contribution in [0.2, 0.25) is 0 Å². The molecule has 0 saturated carbocycles. The third-order valence-corrected chi connectivity index (χ3v) is 4.31. The number of hydrogen-bond acceptors (Lipinski definition) is 4. The van der Waals surface area contributed by atoms with Crippen molar-refractivity contribution in [2.45, 2.75) is 52.2 Å². The van der Waals surface area contributed by atoms with E-state index in [2.05, 4.69) is 23.9 Å². The second-order valence-corrected chi connectivity index (χ2v) is 7.57. The summed E-state index contributed by atoms with van der Waals surface area (Å²) >= 11 is 0. The summed E-state index contributed by atoms with van der Waals surface area (Å²) in [6.45, 7) is 11.3. The molecule has 3 heterocycles. The highest BCUT2D eigenvalue weighted by atomic mass is 16.5. The minimum Gasteiger partial charge on any atom is -0.369 e. The van der Waals surface area contributed by atoms with Crippen molar-refractivity contribution >= 4 is 5.91 Å². The molecule has 2 aromatic heterocycles. The second kappa shape index (κ2) is 6.59. The molecule has 0 N–H and O–H groups in total. The number of aromatic nitrogens is 3. The third kappa shape index (κ3) is 3.58. The summed E-state index contributed by atoms with van der Waals surface area (Å²) in [4.78, 5) is 19.4. The average Bonchev–Trinajstić information content (AvgIpc) is 2.98. The van der Waals surface area contributed by atoms with Crippen molar-refractivity contribution < 1.29 is 9.53 Å². The van der Waals surface area contributed by atoms with Gasteiger partial charge in [0, 0.05) is 19.3 Å². The molecule has 0 spiro atoms. The average molecular weight is 342 g/mol. The summed E-state index contributed by atoms with van der Waals surface area (Å²) in [6, 6.07) is 5.68. The fourth-order valence-corrected chi connectivity index (χ4v) is 3.52. The van der Waals surface area contributed by atoms with Gasteiger partial charge in [0.2, 0.25) is 0 Å². The van der Waals surface area contributed by atoms with Crippen molar-refractivity contribution in [2.24, 2.45) is 0 Å². The van der Waals surface area contributed by atoms with Gasteiger partial charge >= 0.3 is 0 Å². The van der Waals surface area contributed by atoms with Crippen LogP contribution in [0.3, 0.4) is 0 Å². The van der Waals surface area contributed by atoms with Gasteiger partial charge in [-0.1, -0.05) is 19.9 Å². The number of pyridine rings is 1. The highest BCUT2D eigenvalue weighted by Crippen LogP contribution is 2.27. The fraction of sp³-hybridized carbons (Fsp3) is 0.526. The first-order valence-corrected chi connectivity index (χ1v) is 8.75. The van der Waals surface area contributed by atoms with Crippen molar-refractivity contribution in [3.8, 4) is 5.82 Å². The number of hydrogen-bond donors (Lipinski definition) is 0. The minimum atomic E-state index is -0.345. The zero-order valence-electron chi connectivity index (χ0n) is 15.6. The van der Waals surface area contributed by atoms with Crippen LogP contribution in [0.4, 0.5) is 0 Å². The lowest BCUT2D eigenvalue weighted by Gasteiger charge is -2.41. The Morgan fingerprint density at radius 1 is 1.36 bits per heavy atom. The van der Waals surface area contributed by atoms with Crippen LogP contribution in [0.15, 0.2) is 30.6 Å². The summed E-state index contributed by atoms with van der Waals surface area (Å²) in [5.41, 5.74) is 1.19. The van der Waals surface area contributed by atoms with Crippen LogP contribution >= 0.6 is 0 Å². The van der Waals surface area contributed by atoms with Crippen molar-refractivity contribution in [3.05, 3.63) is 41.9 Å². The molecule has 0 unspecified atom stereocenters. The van der Waals surface area contributed by atoms with Crippen LogP contribution in [0.25, 0.3) is 5.82 Å². The Bertz CT molecular complexity index is 752. The van der Waals surface area contributed by atoms with Crippen molar-refractivity contribution in [2.75, 3.05) is 13.1 Å². The van der Waals surface area contributed by atoms with E-state index < -0.39 is 0 Å². The Morgan fingerprint density at radius 3 is 2.72 bits per heavy atom. The molecule has 1 amide bonds. The first-order chi connectivity index (χ1) is 11.8. The van der Waals surface area contributed by atoms with Crippen molar-refractivity contribution in [1.29, 1.82) is 0 Å². The lowest BCUT2D eigenvalue weighted by Crippen LogP contribution is -2.53. The minimum absolute atomic E-state index is 0.00843. The molecule has 0 bridgehead atoms. The number of ether oxygens (including phenoxy) is 1. The zero-order chi connectivity index (χ0) is 18.2. The molecule has 0 aromatic carbocycles. The van der Waals surface area contributed by atoms with Crippen LogP contribution in [-0.4, -0.2) is 50.4 Å². The van der Waals surface area contributed by atoms with Crippen LogP contribution < -0.4 is 0 Å². The molecule has 2 aromatic rings. The maximum Gasteiger partial charge on any atom is 0.257 e. The molecule has 1 fully saturated rings. The van der Waals surface area contributed by atoms with Gasteiger partial charge in [0.1, 0.15) is 0 Å². The summed E-state index contributed by atoms with van der Waals surface area (Å²) < 4.78 is 7.69. The van der Waals surface area contributed by atoms with E-state index in [9.17, 15) is 4.79 Å². The number of carbonyl (C=O) groups is 1. The molecule has 1 aliphatic heterocycles. The Balaban J connectivity index is 1.97. The van der Waals surface area contributed by atoms with E-state index in [0.29, 0.717) is 18.7 Å². The van der Waals surface area contributed by atoms with Gasteiger partial charge in [0.05, 0.1) is 29.2 Å². The maximum atomic E-state index is 13.2. The SMILES string of the molecule is CC(C)c1c(C(=O)N2C[C@@H](C)OC(C)(C)C2)cnn1-c1ccccn1. The quantitative estimate of drug-likeness (QED) is 0.860. The topological polar surface area (TPSA) is 60.3 Å². The molecule has 1 atom stereocenters. The monoisotopic (exact) mass is 342 g/mol. The highest BCUT2D eigenvalue weighted by molar-refractivity contribution is 5.95. The lowest BCUT2D eigenvalue weighted by molar-refractivity contribution is -0.118. The molecule has 0 aliphatic carbocycles. The summed E-state index contributed by atoms with van der Waals surface area (Å²) in [5, 5.41) is 4.45. The van der Waals surface area contributed by atoms with Gasteiger partial charge in [-0.15, -0.1) is 0 Å². The van der Waals surface area contributed by atoms with Gasteiger partial charge in [-0.05, 0) is 38.8 Å². The largest absolute Gasteiger partial charge is 0.369 e. The van der Waals surface area contributed by atoms with E-state index in [0.717, 1.165) is 11.5 Å². The Hall–Kier alpha value is -2.21. The van der Waals surface area contributed by atoms with Gasteiger partial charge in [0.25, 0.3) is 5.91 Å². The molecular weight excluding hydrogens is 316 g/mol. The maximum absolute atomic E-state index is 13.2. The zero-order valence-corrected chi connectivity index (χ0v) is 15.6. The molecule has 6 nitrogen and oxygen atoms in total. The second-order valence-electron chi connectivity index (χ2n) is 7.57. The first kappa shape index (κ1) is 17.6.